The van der Waals surface area contributed by atoms with Crippen LogP contribution in [-0.2, 0) is 9.53 Å². The van der Waals surface area contributed by atoms with Crippen LogP contribution in [0.1, 0.15) is 43.6 Å². The second kappa shape index (κ2) is 7.87. The molecule has 2 aliphatic heterocycles. The van der Waals surface area contributed by atoms with E-state index in [0.29, 0.717) is 12.0 Å². The van der Waals surface area contributed by atoms with Crippen LogP contribution in [0.3, 0.4) is 0 Å². The zero-order valence-electron chi connectivity index (χ0n) is 16.1. The smallest absolute Gasteiger partial charge is 0.247 e. The highest BCUT2D eigenvalue weighted by Crippen LogP contribution is 2.22. The van der Waals surface area contributed by atoms with Gasteiger partial charge in [0.25, 0.3) is 0 Å². The lowest BCUT2D eigenvalue weighted by atomic mass is 10.0. The van der Waals surface area contributed by atoms with Crippen molar-refractivity contribution in [2.45, 2.75) is 52.1 Å². The van der Waals surface area contributed by atoms with Gasteiger partial charge in [0, 0.05) is 45.0 Å². The van der Waals surface area contributed by atoms with Gasteiger partial charge in [-0.25, -0.2) is 0 Å². The fourth-order valence-electron chi connectivity index (χ4n) is 4.20. The number of ether oxygens (including phenoxy) is 1. The summed E-state index contributed by atoms with van der Waals surface area (Å²) in [6, 6.07) is 2.12. The molecule has 1 aromatic heterocycles. The molecular weight excluding hydrogens is 316 g/mol. The number of carbonyl (C=O) groups is 1. The van der Waals surface area contributed by atoms with Gasteiger partial charge in [0.1, 0.15) is 6.04 Å². The summed E-state index contributed by atoms with van der Waals surface area (Å²) >= 11 is 0. The highest BCUT2D eigenvalue weighted by Gasteiger charge is 2.30. The highest BCUT2D eigenvalue weighted by molar-refractivity contribution is 5.80. The SMILES string of the molecule is Cc1cc(C)n([C@@H](C)C(=O)N(C)C2CCN(C[C@H]3CCOC3)CC2)n1. The molecule has 3 heterocycles. The molecule has 0 spiro atoms. The summed E-state index contributed by atoms with van der Waals surface area (Å²) in [4.78, 5) is 17.4. The molecule has 2 aliphatic rings. The van der Waals surface area contributed by atoms with Gasteiger partial charge in [0.2, 0.25) is 5.91 Å². The molecule has 3 rings (SSSR count). The minimum Gasteiger partial charge on any atom is -0.381 e. The molecule has 25 heavy (non-hydrogen) atoms. The Morgan fingerprint density at radius 1 is 1.36 bits per heavy atom. The number of likely N-dealkylation sites (N-methyl/N-ethyl adjacent to an activating group) is 1. The molecule has 6 heteroatoms. The third-order valence-electron chi connectivity index (χ3n) is 5.76. The topological polar surface area (TPSA) is 50.6 Å². The largest absolute Gasteiger partial charge is 0.381 e. The fraction of sp³-hybridized carbons (Fsp3) is 0.789. The van der Waals surface area contributed by atoms with Crippen molar-refractivity contribution in [3.8, 4) is 0 Å². The average molecular weight is 348 g/mol. The van der Waals surface area contributed by atoms with E-state index < -0.39 is 0 Å². The van der Waals surface area contributed by atoms with Crippen molar-refractivity contribution in [2.24, 2.45) is 5.92 Å². The normalized spacial score (nSPS) is 23.8. The molecule has 0 radical (unpaired) electrons. The summed E-state index contributed by atoms with van der Waals surface area (Å²) < 4.78 is 7.33. The number of piperidine rings is 1. The van der Waals surface area contributed by atoms with Gasteiger partial charge in [0.05, 0.1) is 12.3 Å². The quantitative estimate of drug-likeness (QED) is 0.817. The molecule has 0 N–H and O–H groups in total. The molecule has 1 aromatic rings. The van der Waals surface area contributed by atoms with Gasteiger partial charge in [0.15, 0.2) is 0 Å². The Hall–Kier alpha value is -1.40. The number of amides is 1. The van der Waals surface area contributed by atoms with Crippen molar-refractivity contribution in [2.75, 3.05) is 39.9 Å². The molecule has 1 amide bonds. The molecule has 6 nitrogen and oxygen atoms in total. The van der Waals surface area contributed by atoms with Crippen LogP contribution in [0.4, 0.5) is 0 Å². The number of hydrogen-bond donors (Lipinski definition) is 0. The minimum atomic E-state index is -0.243. The summed E-state index contributed by atoms with van der Waals surface area (Å²) in [5, 5.41) is 4.48. The van der Waals surface area contributed by atoms with Crippen LogP contribution in [-0.4, -0.2) is 71.4 Å². The van der Waals surface area contributed by atoms with Crippen LogP contribution in [0, 0.1) is 19.8 Å². The Labute approximate surface area is 151 Å². The molecule has 0 aromatic carbocycles. The maximum Gasteiger partial charge on any atom is 0.247 e. The van der Waals surface area contributed by atoms with Crippen LogP contribution in [0.2, 0.25) is 0 Å². The second-order valence-electron chi connectivity index (χ2n) is 7.76. The van der Waals surface area contributed by atoms with Gasteiger partial charge in [-0.15, -0.1) is 0 Å². The zero-order chi connectivity index (χ0) is 18.0. The number of aromatic nitrogens is 2. The zero-order valence-corrected chi connectivity index (χ0v) is 16.1. The minimum absolute atomic E-state index is 0.161. The van der Waals surface area contributed by atoms with Crippen LogP contribution in [0.5, 0.6) is 0 Å². The van der Waals surface area contributed by atoms with E-state index in [1.54, 1.807) is 0 Å². The lowest BCUT2D eigenvalue weighted by Crippen LogP contribution is -2.48. The van der Waals surface area contributed by atoms with Gasteiger partial charge in [-0.2, -0.15) is 5.10 Å². The van der Waals surface area contributed by atoms with E-state index in [1.165, 1.54) is 6.42 Å². The van der Waals surface area contributed by atoms with Crippen molar-refractivity contribution in [1.82, 2.24) is 19.6 Å². The van der Waals surface area contributed by atoms with E-state index in [4.69, 9.17) is 4.74 Å². The van der Waals surface area contributed by atoms with Crippen molar-refractivity contribution >= 4 is 5.91 Å². The molecule has 2 fully saturated rings. The van der Waals surface area contributed by atoms with Crippen molar-refractivity contribution < 1.29 is 9.53 Å². The lowest BCUT2D eigenvalue weighted by Gasteiger charge is -2.38. The maximum atomic E-state index is 12.9. The predicted molar refractivity (Wildman–Crippen MR) is 97.6 cm³/mol. The van der Waals surface area contributed by atoms with E-state index in [1.807, 2.05) is 43.5 Å². The van der Waals surface area contributed by atoms with Crippen LogP contribution in [0.15, 0.2) is 6.07 Å². The second-order valence-corrected chi connectivity index (χ2v) is 7.76. The van der Waals surface area contributed by atoms with E-state index in [0.717, 1.165) is 57.1 Å². The molecule has 0 unspecified atom stereocenters. The van der Waals surface area contributed by atoms with Crippen LogP contribution in [0.25, 0.3) is 0 Å². The Morgan fingerprint density at radius 3 is 2.64 bits per heavy atom. The Morgan fingerprint density at radius 2 is 2.08 bits per heavy atom. The first-order chi connectivity index (χ1) is 12.0. The first kappa shape index (κ1) is 18.4. The monoisotopic (exact) mass is 348 g/mol. The number of aryl methyl sites for hydroxylation is 2. The van der Waals surface area contributed by atoms with E-state index in [9.17, 15) is 4.79 Å². The number of hydrogen-bond acceptors (Lipinski definition) is 4. The summed E-state index contributed by atoms with van der Waals surface area (Å²) in [5.74, 6) is 0.857. The molecule has 2 saturated heterocycles. The highest BCUT2D eigenvalue weighted by atomic mass is 16.5. The van der Waals surface area contributed by atoms with Gasteiger partial charge in [-0.1, -0.05) is 0 Å². The molecule has 2 atom stereocenters. The maximum absolute atomic E-state index is 12.9. The molecule has 140 valence electrons. The summed E-state index contributed by atoms with van der Waals surface area (Å²) in [6.45, 7) is 11.1. The molecular formula is C19H32N4O2. The van der Waals surface area contributed by atoms with Gasteiger partial charge < -0.3 is 14.5 Å². The van der Waals surface area contributed by atoms with Gasteiger partial charge in [-0.3, -0.25) is 9.48 Å². The third-order valence-corrected chi connectivity index (χ3v) is 5.76. The first-order valence-corrected chi connectivity index (χ1v) is 9.55. The van der Waals surface area contributed by atoms with Crippen molar-refractivity contribution in [1.29, 1.82) is 0 Å². The number of rotatable bonds is 5. The number of nitrogens with zero attached hydrogens (tertiary/aromatic N) is 4. The van der Waals surface area contributed by atoms with E-state index in [-0.39, 0.29) is 11.9 Å². The molecule has 0 bridgehead atoms. The molecule has 0 aliphatic carbocycles. The Bertz CT molecular complexity index is 586. The summed E-state index contributed by atoms with van der Waals surface area (Å²) in [7, 11) is 1.95. The van der Waals surface area contributed by atoms with Gasteiger partial charge >= 0.3 is 0 Å². The molecule has 0 saturated carbocycles. The average Bonchev–Trinajstić information content (AvgIpc) is 3.22. The van der Waals surface area contributed by atoms with E-state index in [2.05, 4.69) is 10.00 Å². The van der Waals surface area contributed by atoms with Gasteiger partial charge in [-0.05, 0) is 52.0 Å². The first-order valence-electron chi connectivity index (χ1n) is 9.55. The van der Waals surface area contributed by atoms with Crippen LogP contribution >= 0.6 is 0 Å². The number of likely N-dealkylation sites (tertiary alicyclic amines) is 1. The van der Waals surface area contributed by atoms with Crippen LogP contribution < -0.4 is 0 Å². The fourth-order valence-corrected chi connectivity index (χ4v) is 4.20. The van der Waals surface area contributed by atoms with Crippen molar-refractivity contribution in [3.05, 3.63) is 17.5 Å². The predicted octanol–water partition coefficient (Wildman–Crippen LogP) is 2.02. The summed E-state index contributed by atoms with van der Waals surface area (Å²) in [5.41, 5.74) is 2.00. The van der Waals surface area contributed by atoms with Crippen molar-refractivity contribution in [3.63, 3.8) is 0 Å². The summed E-state index contributed by atoms with van der Waals surface area (Å²) in [6.07, 6.45) is 3.30. The van der Waals surface area contributed by atoms with E-state index >= 15 is 0 Å². The Kier molecular flexibility index (Phi) is 5.79. The number of carbonyl (C=O) groups excluding carboxylic acids is 1. The Balaban J connectivity index is 1.52. The lowest BCUT2D eigenvalue weighted by molar-refractivity contribution is -0.136. The third kappa shape index (κ3) is 4.23. The standard InChI is InChI=1S/C19H32N4O2/c1-14-11-15(2)23(20-14)16(3)19(24)21(4)18-5-8-22(9-6-18)12-17-7-10-25-13-17/h11,16-18H,5-10,12-13H2,1-4H3/t16-,17+/m0/s1.